The molecule has 5 nitrogen and oxygen atoms in total. The number of nitrogens with one attached hydrogen (secondary N) is 1. The van der Waals surface area contributed by atoms with Crippen molar-refractivity contribution < 1.29 is 13.2 Å². The molecular formula is C8H18N2O3S. The Bertz CT molecular complexity index is 303. The molecule has 0 rings (SSSR count). The SMILES string of the molecule is CN(CS(C)(=O)=O)C(=O)NC(C)(C)C. The van der Waals surface area contributed by atoms with Gasteiger partial charge >= 0.3 is 6.03 Å². The molecule has 0 aliphatic carbocycles. The number of urea groups is 1. The minimum Gasteiger partial charge on any atom is -0.333 e. The molecule has 0 bridgehead atoms. The maximum atomic E-state index is 11.4. The number of carbonyl (C=O) groups is 1. The van der Waals surface area contributed by atoms with Crippen LogP contribution in [0.3, 0.4) is 0 Å². The predicted octanol–water partition coefficient (Wildman–Crippen LogP) is 0.428. The number of sulfone groups is 1. The van der Waals surface area contributed by atoms with Gasteiger partial charge in [-0.05, 0) is 20.8 Å². The molecule has 0 fully saturated rings. The summed E-state index contributed by atoms with van der Waals surface area (Å²) in [5.41, 5.74) is -0.358. The Kier molecular flexibility index (Phi) is 3.93. The number of amides is 2. The van der Waals surface area contributed by atoms with Crippen LogP contribution < -0.4 is 5.32 Å². The van der Waals surface area contributed by atoms with Crippen molar-refractivity contribution >= 4 is 15.9 Å². The highest BCUT2D eigenvalue weighted by atomic mass is 32.2. The average molecular weight is 222 g/mol. The van der Waals surface area contributed by atoms with Crippen LogP contribution in [0.25, 0.3) is 0 Å². The van der Waals surface area contributed by atoms with Crippen LogP contribution in [0.4, 0.5) is 4.79 Å². The van der Waals surface area contributed by atoms with Crippen molar-refractivity contribution in [1.82, 2.24) is 10.2 Å². The van der Waals surface area contributed by atoms with Gasteiger partial charge in [0.2, 0.25) is 0 Å². The fraction of sp³-hybridized carbons (Fsp3) is 0.875. The topological polar surface area (TPSA) is 66.5 Å². The number of carbonyl (C=O) groups excluding carboxylic acids is 1. The summed E-state index contributed by atoms with van der Waals surface area (Å²) < 4.78 is 21.8. The Morgan fingerprint density at radius 2 is 1.79 bits per heavy atom. The number of rotatable bonds is 2. The molecule has 0 radical (unpaired) electrons. The zero-order valence-electron chi connectivity index (χ0n) is 9.29. The minimum absolute atomic E-state index is 0.269. The van der Waals surface area contributed by atoms with Gasteiger partial charge in [-0.3, -0.25) is 0 Å². The largest absolute Gasteiger partial charge is 0.333 e. The number of hydrogen-bond donors (Lipinski definition) is 1. The minimum atomic E-state index is -3.16. The van der Waals surface area contributed by atoms with Gasteiger partial charge in [0.15, 0.2) is 9.84 Å². The second-order valence-electron chi connectivity index (χ2n) is 4.43. The Morgan fingerprint density at radius 1 is 1.36 bits per heavy atom. The van der Waals surface area contributed by atoms with Crippen molar-refractivity contribution in [3.63, 3.8) is 0 Å². The van der Waals surface area contributed by atoms with Crippen molar-refractivity contribution in [1.29, 1.82) is 0 Å². The van der Waals surface area contributed by atoms with Gasteiger partial charge < -0.3 is 10.2 Å². The zero-order valence-corrected chi connectivity index (χ0v) is 10.1. The van der Waals surface area contributed by atoms with Gasteiger partial charge in [0.05, 0.1) is 0 Å². The fourth-order valence-corrected chi connectivity index (χ4v) is 1.65. The van der Waals surface area contributed by atoms with E-state index in [1.807, 2.05) is 20.8 Å². The summed E-state index contributed by atoms with van der Waals surface area (Å²) in [4.78, 5) is 12.5. The van der Waals surface area contributed by atoms with E-state index in [1.54, 1.807) is 0 Å². The molecule has 1 N–H and O–H groups in total. The fourth-order valence-electron chi connectivity index (χ4n) is 0.827. The molecule has 0 heterocycles. The lowest BCUT2D eigenvalue weighted by molar-refractivity contribution is 0.205. The van der Waals surface area contributed by atoms with E-state index < -0.39 is 9.84 Å². The lowest BCUT2D eigenvalue weighted by Gasteiger charge is -2.25. The van der Waals surface area contributed by atoms with Crippen LogP contribution in [-0.4, -0.2) is 44.1 Å². The van der Waals surface area contributed by atoms with Crippen LogP contribution in [0.1, 0.15) is 20.8 Å². The first-order valence-corrected chi connectivity index (χ1v) is 6.28. The highest BCUT2D eigenvalue weighted by Gasteiger charge is 2.19. The van der Waals surface area contributed by atoms with Crippen molar-refractivity contribution in [3.8, 4) is 0 Å². The molecule has 0 aromatic rings. The highest BCUT2D eigenvalue weighted by molar-refractivity contribution is 7.90. The molecule has 14 heavy (non-hydrogen) atoms. The van der Waals surface area contributed by atoms with Crippen LogP contribution in [-0.2, 0) is 9.84 Å². The van der Waals surface area contributed by atoms with Gasteiger partial charge in [0.1, 0.15) is 5.88 Å². The summed E-state index contributed by atoms with van der Waals surface area (Å²) in [6, 6.07) is -0.386. The van der Waals surface area contributed by atoms with E-state index in [0.717, 1.165) is 11.2 Å². The van der Waals surface area contributed by atoms with Crippen molar-refractivity contribution in [2.45, 2.75) is 26.3 Å². The maximum absolute atomic E-state index is 11.4. The Morgan fingerprint density at radius 3 is 2.07 bits per heavy atom. The van der Waals surface area contributed by atoms with Gasteiger partial charge in [0, 0.05) is 18.8 Å². The summed E-state index contributed by atoms with van der Waals surface area (Å²) in [5, 5.41) is 2.66. The first kappa shape index (κ1) is 13.2. The third-order valence-corrected chi connectivity index (χ3v) is 2.11. The third kappa shape index (κ3) is 6.71. The monoisotopic (exact) mass is 222 g/mol. The molecule has 0 aliphatic rings. The van der Waals surface area contributed by atoms with Gasteiger partial charge in [-0.1, -0.05) is 0 Å². The molecule has 0 atom stereocenters. The van der Waals surface area contributed by atoms with Crippen LogP contribution in [0, 0.1) is 0 Å². The van der Waals surface area contributed by atoms with E-state index in [2.05, 4.69) is 5.32 Å². The van der Waals surface area contributed by atoms with E-state index >= 15 is 0 Å². The van der Waals surface area contributed by atoms with Gasteiger partial charge in [-0.25, -0.2) is 13.2 Å². The molecule has 0 saturated carbocycles. The van der Waals surface area contributed by atoms with Crippen LogP contribution in [0.5, 0.6) is 0 Å². The second-order valence-corrected chi connectivity index (χ2v) is 6.54. The standard InChI is InChI=1S/C8H18N2O3S/c1-8(2,3)9-7(11)10(4)6-14(5,12)13/h6H2,1-5H3,(H,9,11). The van der Waals surface area contributed by atoms with E-state index in [0.29, 0.717) is 0 Å². The average Bonchev–Trinajstić information content (AvgIpc) is 1.78. The molecule has 6 heteroatoms. The Hall–Kier alpha value is -0.780. The number of nitrogens with zero attached hydrogens (tertiary/aromatic N) is 1. The lowest BCUT2D eigenvalue weighted by Crippen LogP contribution is -2.48. The summed E-state index contributed by atoms with van der Waals surface area (Å²) >= 11 is 0. The summed E-state index contributed by atoms with van der Waals surface area (Å²) in [7, 11) is -1.71. The molecule has 2 amide bonds. The molecule has 0 aromatic carbocycles. The molecule has 0 saturated heterocycles. The van der Waals surface area contributed by atoms with Gasteiger partial charge in [-0.15, -0.1) is 0 Å². The maximum Gasteiger partial charge on any atom is 0.318 e. The van der Waals surface area contributed by atoms with Crippen molar-refractivity contribution in [3.05, 3.63) is 0 Å². The van der Waals surface area contributed by atoms with Crippen LogP contribution in [0.2, 0.25) is 0 Å². The van der Waals surface area contributed by atoms with E-state index in [-0.39, 0.29) is 17.4 Å². The van der Waals surface area contributed by atoms with Gasteiger partial charge in [-0.2, -0.15) is 0 Å². The first-order chi connectivity index (χ1) is 6.01. The van der Waals surface area contributed by atoms with Gasteiger partial charge in [0.25, 0.3) is 0 Å². The zero-order chi connectivity index (χ0) is 11.6. The lowest BCUT2D eigenvalue weighted by atomic mass is 10.1. The number of hydrogen-bond acceptors (Lipinski definition) is 3. The summed E-state index contributed by atoms with van der Waals surface area (Å²) in [6.07, 6.45) is 1.09. The molecule has 84 valence electrons. The highest BCUT2D eigenvalue weighted by Crippen LogP contribution is 2.00. The molecular weight excluding hydrogens is 204 g/mol. The first-order valence-electron chi connectivity index (χ1n) is 4.22. The smallest absolute Gasteiger partial charge is 0.318 e. The second kappa shape index (κ2) is 4.16. The Balaban J connectivity index is 4.29. The van der Waals surface area contributed by atoms with E-state index in [4.69, 9.17) is 0 Å². The predicted molar refractivity (Wildman–Crippen MR) is 55.8 cm³/mol. The van der Waals surface area contributed by atoms with Crippen molar-refractivity contribution in [2.75, 3.05) is 19.2 Å². The molecule has 0 aliphatic heterocycles. The summed E-state index contributed by atoms with van der Waals surface area (Å²) in [6.45, 7) is 5.50. The quantitative estimate of drug-likeness (QED) is 0.736. The van der Waals surface area contributed by atoms with Crippen LogP contribution in [0.15, 0.2) is 0 Å². The molecule has 0 aromatic heterocycles. The van der Waals surface area contributed by atoms with Crippen LogP contribution >= 0.6 is 0 Å². The Labute approximate surface area is 85.4 Å². The normalized spacial score (nSPS) is 12.4. The van der Waals surface area contributed by atoms with E-state index in [9.17, 15) is 13.2 Å². The molecule has 0 unspecified atom stereocenters. The van der Waals surface area contributed by atoms with Crippen molar-refractivity contribution in [2.24, 2.45) is 0 Å². The molecule has 0 spiro atoms. The van der Waals surface area contributed by atoms with E-state index in [1.165, 1.54) is 7.05 Å². The third-order valence-electron chi connectivity index (χ3n) is 1.26. The summed E-state index contributed by atoms with van der Waals surface area (Å²) in [5.74, 6) is -0.269.